The summed E-state index contributed by atoms with van der Waals surface area (Å²) in [4.78, 5) is 10.5. The molecule has 0 saturated carbocycles. The van der Waals surface area contributed by atoms with Gasteiger partial charge < -0.3 is 67.8 Å². The van der Waals surface area contributed by atoms with Crippen molar-refractivity contribution in [3.63, 3.8) is 0 Å². The SMILES string of the molecule is CCOCCOCCOCCOCCOCCOCCOCCOCCOCCOCCOCCNCCCCNCCCCCCCCCCCCCCCCCC(=O)O. The maximum atomic E-state index is 10.5. The first-order chi connectivity index (χ1) is 30.3. The van der Waals surface area contributed by atoms with E-state index in [-0.39, 0.29) is 0 Å². The fourth-order valence-corrected chi connectivity index (χ4v) is 6.06. The van der Waals surface area contributed by atoms with E-state index in [0.717, 1.165) is 39.0 Å². The second-order valence-electron chi connectivity index (χ2n) is 15.0. The number of unbranched alkanes of at least 4 members (excludes halogenated alkanes) is 15. The Bertz CT molecular complexity index is 807. The van der Waals surface area contributed by atoms with Gasteiger partial charge in [-0.2, -0.15) is 0 Å². The molecule has 61 heavy (non-hydrogen) atoms. The molecule has 0 aromatic rings. The van der Waals surface area contributed by atoms with Gasteiger partial charge in [0.1, 0.15) is 0 Å². The lowest BCUT2D eigenvalue weighted by molar-refractivity contribution is -0.137. The Balaban J connectivity index is 3.06. The molecule has 0 fully saturated rings. The Labute approximate surface area is 371 Å². The molecule has 366 valence electrons. The zero-order valence-electron chi connectivity index (χ0n) is 39.0. The molecule has 3 N–H and O–H groups in total. The van der Waals surface area contributed by atoms with E-state index in [9.17, 15) is 4.79 Å². The van der Waals surface area contributed by atoms with Crippen LogP contribution < -0.4 is 10.6 Å². The van der Waals surface area contributed by atoms with Gasteiger partial charge in [-0.15, -0.1) is 0 Å². The highest BCUT2D eigenvalue weighted by molar-refractivity contribution is 5.66. The van der Waals surface area contributed by atoms with Gasteiger partial charge in [0.2, 0.25) is 0 Å². The van der Waals surface area contributed by atoms with Crippen molar-refractivity contribution in [3.05, 3.63) is 0 Å². The molecule has 0 aromatic carbocycles. The van der Waals surface area contributed by atoms with Crippen molar-refractivity contribution < 1.29 is 62.0 Å². The molecular formula is C46H94N2O13. The quantitative estimate of drug-likeness (QED) is 0.0569. The molecule has 0 aromatic heterocycles. The second-order valence-corrected chi connectivity index (χ2v) is 15.0. The number of nitrogens with one attached hydrogen (secondary N) is 2. The van der Waals surface area contributed by atoms with E-state index < -0.39 is 5.97 Å². The molecule has 0 heterocycles. The normalized spacial score (nSPS) is 11.6. The Morgan fingerprint density at radius 3 is 0.787 bits per heavy atom. The van der Waals surface area contributed by atoms with Crippen LogP contribution in [0, 0.1) is 0 Å². The first kappa shape index (κ1) is 60.0. The van der Waals surface area contributed by atoms with Gasteiger partial charge in [0.25, 0.3) is 0 Å². The zero-order chi connectivity index (χ0) is 43.9. The van der Waals surface area contributed by atoms with Gasteiger partial charge in [0.05, 0.1) is 139 Å². The summed E-state index contributed by atoms with van der Waals surface area (Å²) in [6.45, 7) is 18.4. The van der Waals surface area contributed by atoms with Crippen LogP contribution in [0.5, 0.6) is 0 Å². The van der Waals surface area contributed by atoms with Crippen LogP contribution in [0.3, 0.4) is 0 Å². The fraction of sp³-hybridized carbons (Fsp3) is 0.978. The molecule has 0 radical (unpaired) electrons. The van der Waals surface area contributed by atoms with E-state index >= 15 is 0 Å². The van der Waals surface area contributed by atoms with E-state index in [1.165, 1.54) is 96.3 Å². The monoisotopic (exact) mass is 883 g/mol. The molecule has 0 amide bonds. The summed E-state index contributed by atoms with van der Waals surface area (Å²) in [7, 11) is 0. The molecule has 0 bridgehead atoms. The number of carboxylic acid groups (broad SMARTS) is 1. The fourth-order valence-electron chi connectivity index (χ4n) is 6.06. The van der Waals surface area contributed by atoms with Gasteiger partial charge in [0.15, 0.2) is 0 Å². The number of carbonyl (C=O) groups is 1. The second kappa shape index (κ2) is 57.0. The van der Waals surface area contributed by atoms with Crippen LogP contribution in [-0.4, -0.2) is 183 Å². The van der Waals surface area contributed by atoms with E-state index in [2.05, 4.69) is 10.6 Å². The van der Waals surface area contributed by atoms with E-state index in [1.807, 2.05) is 6.92 Å². The average molecular weight is 883 g/mol. The minimum atomic E-state index is -0.665. The van der Waals surface area contributed by atoms with Crippen LogP contribution >= 0.6 is 0 Å². The first-order valence-electron chi connectivity index (χ1n) is 24.3. The Morgan fingerprint density at radius 2 is 0.508 bits per heavy atom. The third kappa shape index (κ3) is 59.0. The molecule has 0 atom stereocenters. The standard InChI is InChI=1S/C46H94N2O13/c1-2-51-26-27-53-30-31-55-34-35-57-38-39-59-42-43-61-45-44-60-41-40-58-37-36-56-33-32-54-29-28-52-25-24-48-23-19-18-22-47-21-17-15-13-11-9-7-5-3-4-6-8-10-12-14-16-20-46(49)50/h47-48H,2-45H2,1H3,(H,49,50). The zero-order valence-corrected chi connectivity index (χ0v) is 39.0. The van der Waals surface area contributed by atoms with Crippen LogP contribution in [0.2, 0.25) is 0 Å². The van der Waals surface area contributed by atoms with Crippen molar-refractivity contribution >= 4 is 5.97 Å². The summed E-state index contributed by atoms with van der Waals surface area (Å²) in [5, 5.41) is 15.7. The summed E-state index contributed by atoms with van der Waals surface area (Å²) < 4.78 is 60.3. The van der Waals surface area contributed by atoms with Gasteiger partial charge in [-0.1, -0.05) is 83.5 Å². The number of hydrogen-bond donors (Lipinski definition) is 3. The van der Waals surface area contributed by atoms with Crippen LogP contribution in [0.1, 0.15) is 122 Å². The highest BCUT2D eigenvalue weighted by Gasteiger charge is 1.99. The van der Waals surface area contributed by atoms with Crippen molar-refractivity contribution in [2.24, 2.45) is 0 Å². The number of carboxylic acids is 1. The lowest BCUT2D eigenvalue weighted by Crippen LogP contribution is -2.23. The minimum absolute atomic E-state index is 0.327. The van der Waals surface area contributed by atoms with Crippen molar-refractivity contribution in [2.75, 3.05) is 172 Å². The summed E-state index contributed by atoms with van der Waals surface area (Å²) in [5.74, 6) is -0.665. The van der Waals surface area contributed by atoms with Gasteiger partial charge >= 0.3 is 5.97 Å². The number of aliphatic carboxylic acids is 1. The van der Waals surface area contributed by atoms with Crippen LogP contribution in [0.4, 0.5) is 0 Å². The van der Waals surface area contributed by atoms with E-state index in [0.29, 0.717) is 152 Å². The van der Waals surface area contributed by atoms with Crippen molar-refractivity contribution in [3.8, 4) is 0 Å². The highest BCUT2D eigenvalue weighted by Crippen LogP contribution is 2.13. The third-order valence-electron chi connectivity index (χ3n) is 9.55. The largest absolute Gasteiger partial charge is 0.481 e. The lowest BCUT2D eigenvalue weighted by atomic mass is 10.0. The molecule has 0 aliphatic rings. The van der Waals surface area contributed by atoms with Gasteiger partial charge in [-0.25, -0.2) is 0 Å². The summed E-state index contributed by atoms with van der Waals surface area (Å²) >= 11 is 0. The van der Waals surface area contributed by atoms with E-state index in [4.69, 9.17) is 57.2 Å². The number of rotatable bonds is 57. The molecule has 0 spiro atoms. The molecule has 0 saturated heterocycles. The molecular weight excluding hydrogens is 789 g/mol. The van der Waals surface area contributed by atoms with E-state index in [1.54, 1.807) is 0 Å². The maximum absolute atomic E-state index is 10.5. The summed E-state index contributed by atoms with van der Waals surface area (Å²) in [6.07, 6.45) is 22.0. The van der Waals surface area contributed by atoms with Crippen molar-refractivity contribution in [2.45, 2.75) is 122 Å². The van der Waals surface area contributed by atoms with Crippen LogP contribution in [0.25, 0.3) is 0 Å². The van der Waals surface area contributed by atoms with Gasteiger partial charge in [-0.05, 0) is 52.2 Å². The Kier molecular flexibility index (Phi) is 56.0. The molecule has 0 aliphatic heterocycles. The first-order valence-corrected chi connectivity index (χ1v) is 24.3. The molecule has 15 heteroatoms. The van der Waals surface area contributed by atoms with Crippen molar-refractivity contribution in [1.29, 1.82) is 0 Å². The minimum Gasteiger partial charge on any atom is -0.481 e. The Hall–Kier alpha value is -1.05. The molecule has 15 nitrogen and oxygen atoms in total. The summed E-state index contributed by atoms with van der Waals surface area (Å²) in [5.41, 5.74) is 0. The Morgan fingerprint density at radius 1 is 0.295 bits per heavy atom. The van der Waals surface area contributed by atoms with Crippen LogP contribution in [-0.2, 0) is 56.9 Å². The maximum Gasteiger partial charge on any atom is 0.303 e. The lowest BCUT2D eigenvalue weighted by Gasteiger charge is -2.09. The smallest absolute Gasteiger partial charge is 0.303 e. The van der Waals surface area contributed by atoms with Crippen molar-refractivity contribution in [1.82, 2.24) is 10.6 Å². The van der Waals surface area contributed by atoms with Gasteiger partial charge in [-0.3, -0.25) is 4.79 Å². The molecule has 0 aliphatic carbocycles. The number of hydrogen-bond acceptors (Lipinski definition) is 14. The predicted octanol–water partition coefficient (Wildman–Crippen LogP) is 6.47. The van der Waals surface area contributed by atoms with Crippen LogP contribution in [0.15, 0.2) is 0 Å². The third-order valence-corrected chi connectivity index (χ3v) is 9.55. The van der Waals surface area contributed by atoms with Gasteiger partial charge in [0, 0.05) is 19.6 Å². The summed E-state index contributed by atoms with van der Waals surface area (Å²) in [6, 6.07) is 0. The predicted molar refractivity (Wildman–Crippen MR) is 241 cm³/mol. The topological polar surface area (TPSA) is 163 Å². The molecule has 0 unspecified atom stereocenters. The highest BCUT2D eigenvalue weighted by atomic mass is 16.6. The molecule has 0 rings (SSSR count). The number of ether oxygens (including phenoxy) is 11. The average Bonchev–Trinajstić information content (AvgIpc) is 3.26.